The number of nitrogens with one attached hydrogen (secondary N) is 2. The molecule has 2 aromatic rings. The Morgan fingerprint density at radius 2 is 1.96 bits per heavy atom. The number of amides is 1. The molecule has 2 heterocycles. The van der Waals surface area contributed by atoms with Crippen molar-refractivity contribution < 1.29 is 4.79 Å². The van der Waals surface area contributed by atoms with Crippen molar-refractivity contribution in [2.24, 2.45) is 11.3 Å². The minimum atomic E-state index is -0.161. The fourth-order valence-electron chi connectivity index (χ4n) is 4.08. The zero-order chi connectivity index (χ0) is 18.5. The van der Waals surface area contributed by atoms with Crippen molar-refractivity contribution in [3.8, 4) is 0 Å². The van der Waals surface area contributed by atoms with Crippen LogP contribution < -0.4 is 10.6 Å². The van der Waals surface area contributed by atoms with Gasteiger partial charge in [-0.15, -0.1) is 11.3 Å². The van der Waals surface area contributed by atoms with Gasteiger partial charge in [0.1, 0.15) is 11.2 Å². The van der Waals surface area contributed by atoms with E-state index in [-0.39, 0.29) is 12.1 Å². The highest BCUT2D eigenvalue weighted by Crippen LogP contribution is 2.46. The number of carbonyl (C=O) groups is 1. The van der Waals surface area contributed by atoms with Crippen molar-refractivity contribution in [1.29, 1.82) is 0 Å². The number of hydrogen-bond acceptors (Lipinski definition) is 3. The lowest BCUT2D eigenvalue weighted by Crippen LogP contribution is -2.38. The van der Waals surface area contributed by atoms with Crippen LogP contribution >= 0.6 is 27.3 Å². The van der Waals surface area contributed by atoms with Crippen LogP contribution in [-0.2, 0) is 12.8 Å². The van der Waals surface area contributed by atoms with E-state index in [1.807, 2.05) is 24.3 Å². The molecule has 0 saturated heterocycles. The first-order valence-corrected chi connectivity index (χ1v) is 11.0. The monoisotopic (exact) mass is 432 g/mol. The van der Waals surface area contributed by atoms with E-state index in [1.54, 1.807) is 11.3 Å². The minimum absolute atomic E-state index is 0.0670. The van der Waals surface area contributed by atoms with Crippen molar-refractivity contribution in [2.45, 2.75) is 52.6 Å². The van der Waals surface area contributed by atoms with Crippen molar-refractivity contribution in [3.63, 3.8) is 0 Å². The summed E-state index contributed by atoms with van der Waals surface area (Å²) in [6.07, 6.45) is 4.34. The second kappa shape index (κ2) is 6.68. The molecule has 1 aromatic carbocycles. The van der Waals surface area contributed by atoms with Crippen molar-refractivity contribution in [1.82, 2.24) is 5.32 Å². The summed E-state index contributed by atoms with van der Waals surface area (Å²) < 4.78 is 1.04. The molecule has 0 bridgehead atoms. The van der Waals surface area contributed by atoms with Gasteiger partial charge in [0.15, 0.2) is 0 Å². The zero-order valence-electron chi connectivity index (χ0n) is 15.5. The van der Waals surface area contributed by atoms with Gasteiger partial charge in [-0.2, -0.15) is 0 Å². The molecule has 1 aliphatic heterocycles. The minimum Gasteiger partial charge on any atom is -0.353 e. The van der Waals surface area contributed by atoms with Crippen LogP contribution in [0.15, 0.2) is 28.7 Å². The molecule has 4 rings (SSSR count). The van der Waals surface area contributed by atoms with E-state index < -0.39 is 0 Å². The SMILES string of the molecule is CCC(C)(C)C1CCc2c(sc3c2C(=O)NC(c2ccc(Br)cc2)N3)C1. The van der Waals surface area contributed by atoms with Gasteiger partial charge in [0.05, 0.1) is 5.56 Å². The quantitative estimate of drug-likeness (QED) is 0.632. The molecule has 1 aromatic heterocycles. The first-order chi connectivity index (χ1) is 12.4. The first-order valence-electron chi connectivity index (χ1n) is 9.36. The van der Waals surface area contributed by atoms with E-state index in [9.17, 15) is 4.79 Å². The zero-order valence-corrected chi connectivity index (χ0v) is 17.9. The summed E-state index contributed by atoms with van der Waals surface area (Å²) in [7, 11) is 0. The number of rotatable bonds is 3. The van der Waals surface area contributed by atoms with Gasteiger partial charge >= 0.3 is 0 Å². The van der Waals surface area contributed by atoms with Gasteiger partial charge < -0.3 is 10.6 Å². The van der Waals surface area contributed by atoms with Crippen LogP contribution in [0.1, 0.15) is 66.1 Å². The lowest BCUT2D eigenvalue weighted by Gasteiger charge is -2.36. The van der Waals surface area contributed by atoms with Crippen LogP contribution in [0, 0.1) is 11.3 Å². The largest absolute Gasteiger partial charge is 0.353 e. The summed E-state index contributed by atoms with van der Waals surface area (Å²) in [6, 6.07) is 8.10. The Morgan fingerprint density at radius 3 is 2.65 bits per heavy atom. The Labute approximate surface area is 167 Å². The summed E-state index contributed by atoms with van der Waals surface area (Å²) in [5.41, 5.74) is 3.61. The van der Waals surface area contributed by atoms with Crippen molar-refractivity contribution in [2.75, 3.05) is 5.32 Å². The van der Waals surface area contributed by atoms with E-state index in [0.29, 0.717) is 11.3 Å². The fraction of sp³-hybridized carbons (Fsp3) is 0.476. The standard InChI is InChI=1S/C21H25BrN2OS/c1-4-21(2,3)13-7-10-15-16(11-13)26-20-17(15)19(25)23-18(24-20)12-5-8-14(22)9-6-12/h5-6,8-9,13,18,24H,4,7,10-11H2,1-3H3,(H,23,25). The molecule has 2 aliphatic rings. The number of carbonyl (C=O) groups excluding carboxylic acids is 1. The molecule has 5 heteroatoms. The third kappa shape index (κ3) is 3.09. The summed E-state index contributed by atoms with van der Waals surface area (Å²) in [5.74, 6) is 0.766. The number of hydrogen-bond donors (Lipinski definition) is 2. The second-order valence-corrected chi connectivity index (χ2v) is 10.1. The predicted molar refractivity (Wildman–Crippen MR) is 112 cm³/mol. The summed E-state index contributed by atoms with van der Waals surface area (Å²) in [5, 5.41) is 7.74. The van der Waals surface area contributed by atoms with Gasteiger partial charge in [-0.25, -0.2) is 0 Å². The van der Waals surface area contributed by atoms with Gasteiger partial charge in [-0.05, 0) is 53.9 Å². The molecule has 3 nitrogen and oxygen atoms in total. The Morgan fingerprint density at radius 1 is 1.23 bits per heavy atom. The van der Waals surface area contributed by atoms with Crippen LogP contribution in [0.2, 0.25) is 0 Å². The number of thiophene rings is 1. The average Bonchev–Trinajstić information content (AvgIpc) is 3.00. The second-order valence-electron chi connectivity index (χ2n) is 8.09. The van der Waals surface area contributed by atoms with Gasteiger partial charge in [0.25, 0.3) is 5.91 Å². The third-order valence-corrected chi connectivity index (χ3v) is 7.98. The predicted octanol–water partition coefficient (Wildman–Crippen LogP) is 5.91. The Bertz CT molecular complexity index is 840. The summed E-state index contributed by atoms with van der Waals surface area (Å²) in [6.45, 7) is 7.04. The maximum absolute atomic E-state index is 12.9. The smallest absolute Gasteiger partial charge is 0.256 e. The van der Waals surface area contributed by atoms with E-state index in [4.69, 9.17) is 0 Å². The van der Waals surface area contributed by atoms with Crippen molar-refractivity contribution in [3.05, 3.63) is 50.3 Å². The third-order valence-electron chi connectivity index (χ3n) is 6.26. The van der Waals surface area contributed by atoms with Gasteiger partial charge in [-0.3, -0.25) is 4.79 Å². The Kier molecular flexibility index (Phi) is 4.64. The Balaban J connectivity index is 1.63. The molecule has 26 heavy (non-hydrogen) atoms. The first kappa shape index (κ1) is 18.1. The molecule has 0 spiro atoms. The van der Waals surface area contributed by atoms with Gasteiger partial charge in [0, 0.05) is 9.35 Å². The summed E-state index contributed by atoms with van der Waals surface area (Å²) in [4.78, 5) is 14.3. The Hall–Kier alpha value is -1.33. The van der Waals surface area contributed by atoms with E-state index in [1.165, 1.54) is 23.3 Å². The molecule has 0 fully saturated rings. The highest BCUT2D eigenvalue weighted by molar-refractivity contribution is 9.10. The summed E-state index contributed by atoms with van der Waals surface area (Å²) >= 11 is 5.26. The molecule has 2 atom stereocenters. The maximum atomic E-state index is 12.9. The molecular weight excluding hydrogens is 408 g/mol. The molecule has 1 aliphatic carbocycles. The van der Waals surface area contributed by atoms with Crippen LogP contribution in [0.5, 0.6) is 0 Å². The fourth-order valence-corrected chi connectivity index (χ4v) is 5.69. The molecule has 0 saturated carbocycles. The van der Waals surface area contributed by atoms with Gasteiger partial charge in [0.2, 0.25) is 0 Å². The van der Waals surface area contributed by atoms with Crippen LogP contribution in [0.25, 0.3) is 0 Å². The number of halogens is 1. The van der Waals surface area contributed by atoms with Crippen LogP contribution in [0.3, 0.4) is 0 Å². The van der Waals surface area contributed by atoms with Crippen molar-refractivity contribution >= 4 is 38.2 Å². The topological polar surface area (TPSA) is 41.1 Å². The van der Waals surface area contributed by atoms with Crippen LogP contribution in [-0.4, -0.2) is 5.91 Å². The lowest BCUT2D eigenvalue weighted by atomic mass is 9.69. The molecule has 138 valence electrons. The lowest BCUT2D eigenvalue weighted by molar-refractivity contribution is 0.0934. The van der Waals surface area contributed by atoms with Gasteiger partial charge in [-0.1, -0.05) is 55.3 Å². The number of benzene rings is 1. The molecule has 2 N–H and O–H groups in total. The molecule has 2 unspecified atom stereocenters. The molecular formula is C21H25BrN2OS. The highest BCUT2D eigenvalue weighted by Gasteiger charge is 2.37. The number of fused-ring (bicyclic) bond motifs is 3. The highest BCUT2D eigenvalue weighted by atomic mass is 79.9. The normalized spacial score (nSPS) is 22.2. The van der Waals surface area contributed by atoms with E-state index in [2.05, 4.69) is 47.3 Å². The molecule has 1 amide bonds. The average molecular weight is 433 g/mol. The van der Waals surface area contributed by atoms with E-state index >= 15 is 0 Å². The number of anilines is 1. The molecule has 0 radical (unpaired) electrons. The van der Waals surface area contributed by atoms with E-state index in [0.717, 1.165) is 33.4 Å². The van der Waals surface area contributed by atoms with Crippen LogP contribution in [0.4, 0.5) is 5.00 Å². The maximum Gasteiger partial charge on any atom is 0.256 e.